The van der Waals surface area contributed by atoms with Gasteiger partial charge in [0.15, 0.2) is 0 Å². The van der Waals surface area contributed by atoms with E-state index in [1.807, 2.05) is 36.0 Å². The monoisotopic (exact) mass is 326 g/mol. The highest BCUT2D eigenvalue weighted by atomic mass is 32.2. The number of nitrogens with two attached hydrogens (primary N) is 1. The third kappa shape index (κ3) is 6.68. The van der Waals surface area contributed by atoms with Crippen LogP contribution >= 0.6 is 24.0 Å². The first kappa shape index (κ1) is 18.3. The molecule has 0 aromatic heterocycles. The number of thiocarbonyl (C=S) groups is 1. The number of nitrogens with zero attached hydrogens (tertiary/aromatic N) is 1. The lowest BCUT2D eigenvalue weighted by atomic mass is 10.2. The van der Waals surface area contributed by atoms with Crippen molar-refractivity contribution in [2.45, 2.75) is 25.8 Å². The molecule has 1 atom stereocenters. The molecule has 0 fully saturated rings. The van der Waals surface area contributed by atoms with Crippen molar-refractivity contribution >= 4 is 29.0 Å². The Morgan fingerprint density at radius 3 is 2.81 bits per heavy atom. The zero-order valence-electron chi connectivity index (χ0n) is 13.2. The fraction of sp³-hybridized carbons (Fsp3) is 0.562. The van der Waals surface area contributed by atoms with Crippen LogP contribution in [0.15, 0.2) is 24.3 Å². The van der Waals surface area contributed by atoms with Crippen LogP contribution in [0.3, 0.4) is 0 Å². The van der Waals surface area contributed by atoms with Crippen molar-refractivity contribution in [2.24, 2.45) is 5.73 Å². The first-order valence-electron chi connectivity index (χ1n) is 7.27. The van der Waals surface area contributed by atoms with Crippen LogP contribution in [-0.4, -0.2) is 48.1 Å². The molecule has 1 aromatic carbocycles. The minimum Gasteiger partial charge on any atom is -0.493 e. The molecular formula is C16H26N2OS2. The van der Waals surface area contributed by atoms with E-state index >= 15 is 0 Å². The van der Waals surface area contributed by atoms with Gasteiger partial charge < -0.3 is 15.4 Å². The summed E-state index contributed by atoms with van der Waals surface area (Å²) in [5.41, 5.74) is 6.51. The predicted molar refractivity (Wildman–Crippen MR) is 97.5 cm³/mol. The van der Waals surface area contributed by atoms with Gasteiger partial charge in [0.25, 0.3) is 0 Å². The van der Waals surface area contributed by atoms with Crippen LogP contribution in [0.1, 0.15) is 25.3 Å². The third-order valence-electron chi connectivity index (χ3n) is 3.56. The second-order valence-electron chi connectivity index (χ2n) is 5.17. The summed E-state index contributed by atoms with van der Waals surface area (Å²) < 4.78 is 5.81. The normalized spacial score (nSPS) is 12.4. The summed E-state index contributed by atoms with van der Waals surface area (Å²) in [6.45, 7) is 3.99. The second-order valence-corrected chi connectivity index (χ2v) is 6.60. The maximum atomic E-state index is 5.81. The molecule has 3 nitrogen and oxygen atoms in total. The summed E-state index contributed by atoms with van der Waals surface area (Å²) in [6, 6.07) is 8.28. The fourth-order valence-corrected chi connectivity index (χ4v) is 2.77. The molecule has 1 aromatic rings. The first-order valence-corrected chi connectivity index (χ1v) is 9.07. The van der Waals surface area contributed by atoms with E-state index < -0.39 is 0 Å². The average molecular weight is 327 g/mol. The molecule has 0 saturated carbocycles. The van der Waals surface area contributed by atoms with E-state index in [0.29, 0.717) is 17.6 Å². The molecule has 2 N–H and O–H groups in total. The Kier molecular flexibility index (Phi) is 8.73. The van der Waals surface area contributed by atoms with Crippen molar-refractivity contribution in [3.63, 3.8) is 0 Å². The SMILES string of the molecule is CSCCC(C)N(C)CCCOc1ccccc1C(N)=S. The molecule has 0 bridgehead atoms. The quantitative estimate of drug-likeness (QED) is 0.528. The summed E-state index contributed by atoms with van der Waals surface area (Å²) >= 11 is 6.93. The largest absolute Gasteiger partial charge is 0.493 e. The Bertz CT molecular complexity index is 440. The van der Waals surface area contributed by atoms with E-state index in [2.05, 4.69) is 25.1 Å². The van der Waals surface area contributed by atoms with Crippen molar-refractivity contribution in [2.75, 3.05) is 32.2 Å². The van der Waals surface area contributed by atoms with Gasteiger partial charge >= 0.3 is 0 Å². The summed E-state index contributed by atoms with van der Waals surface area (Å²) in [7, 11) is 2.17. The number of hydrogen-bond acceptors (Lipinski definition) is 4. The summed E-state index contributed by atoms with van der Waals surface area (Å²) in [4.78, 5) is 2.77. The minimum atomic E-state index is 0.383. The number of hydrogen-bond donors (Lipinski definition) is 1. The van der Waals surface area contributed by atoms with Crippen LogP contribution in [0.25, 0.3) is 0 Å². The van der Waals surface area contributed by atoms with E-state index in [1.54, 1.807) is 0 Å². The van der Waals surface area contributed by atoms with E-state index in [-0.39, 0.29) is 0 Å². The van der Waals surface area contributed by atoms with Crippen molar-refractivity contribution in [3.8, 4) is 5.75 Å². The Hall–Kier alpha value is -0.780. The van der Waals surface area contributed by atoms with Gasteiger partial charge in [-0.15, -0.1) is 0 Å². The van der Waals surface area contributed by atoms with E-state index in [4.69, 9.17) is 22.7 Å². The highest BCUT2D eigenvalue weighted by molar-refractivity contribution is 7.98. The Labute approximate surface area is 138 Å². The minimum absolute atomic E-state index is 0.383. The lowest BCUT2D eigenvalue weighted by Gasteiger charge is -2.24. The number of thioether (sulfide) groups is 1. The Morgan fingerprint density at radius 1 is 1.43 bits per heavy atom. The zero-order chi connectivity index (χ0) is 15.7. The van der Waals surface area contributed by atoms with Gasteiger partial charge in [0.05, 0.1) is 12.2 Å². The van der Waals surface area contributed by atoms with Crippen LogP contribution in [0, 0.1) is 0 Å². The molecule has 0 amide bonds. The molecule has 0 radical (unpaired) electrons. The van der Waals surface area contributed by atoms with Crippen LogP contribution < -0.4 is 10.5 Å². The molecule has 0 saturated heterocycles. The van der Waals surface area contributed by atoms with Gasteiger partial charge in [-0.1, -0.05) is 24.4 Å². The van der Waals surface area contributed by atoms with Crippen molar-refractivity contribution < 1.29 is 4.74 Å². The summed E-state index contributed by atoms with van der Waals surface area (Å²) in [5, 5.41) is 0. The molecule has 0 aliphatic carbocycles. The van der Waals surface area contributed by atoms with E-state index in [1.165, 1.54) is 12.2 Å². The number of para-hydroxylation sites is 1. The van der Waals surface area contributed by atoms with Crippen LogP contribution in [0.4, 0.5) is 0 Å². The lowest BCUT2D eigenvalue weighted by Crippen LogP contribution is -2.31. The first-order chi connectivity index (χ1) is 10.1. The number of benzene rings is 1. The van der Waals surface area contributed by atoms with Gasteiger partial charge in [0.1, 0.15) is 10.7 Å². The highest BCUT2D eigenvalue weighted by Crippen LogP contribution is 2.18. The van der Waals surface area contributed by atoms with Gasteiger partial charge in [0, 0.05) is 12.6 Å². The standard InChI is InChI=1S/C16H26N2OS2/c1-13(9-12-21-3)18(2)10-6-11-19-15-8-5-4-7-14(15)16(17)20/h4-5,7-8,13H,6,9-12H2,1-3H3,(H2,17,20). The zero-order valence-corrected chi connectivity index (χ0v) is 14.8. The molecule has 5 heteroatoms. The molecule has 0 aliphatic heterocycles. The van der Waals surface area contributed by atoms with Gasteiger partial charge in [-0.05, 0) is 51.0 Å². The van der Waals surface area contributed by atoms with Crippen molar-refractivity contribution in [1.29, 1.82) is 0 Å². The summed E-state index contributed by atoms with van der Waals surface area (Å²) in [5.74, 6) is 1.99. The molecule has 0 spiro atoms. The lowest BCUT2D eigenvalue weighted by molar-refractivity contribution is 0.221. The summed E-state index contributed by atoms with van der Waals surface area (Å²) in [6.07, 6.45) is 4.37. The number of ether oxygens (including phenoxy) is 1. The molecule has 1 rings (SSSR count). The molecular weight excluding hydrogens is 300 g/mol. The maximum absolute atomic E-state index is 5.81. The van der Waals surface area contributed by atoms with Gasteiger partial charge in [0.2, 0.25) is 0 Å². The topological polar surface area (TPSA) is 38.5 Å². The smallest absolute Gasteiger partial charge is 0.129 e. The maximum Gasteiger partial charge on any atom is 0.129 e. The fourth-order valence-electron chi connectivity index (χ4n) is 2.02. The highest BCUT2D eigenvalue weighted by Gasteiger charge is 2.09. The number of rotatable bonds is 10. The molecule has 118 valence electrons. The molecule has 0 heterocycles. The van der Waals surface area contributed by atoms with Crippen molar-refractivity contribution in [3.05, 3.63) is 29.8 Å². The third-order valence-corrected chi connectivity index (χ3v) is 4.42. The Balaban J connectivity index is 2.33. The van der Waals surface area contributed by atoms with Gasteiger partial charge in [-0.2, -0.15) is 11.8 Å². The average Bonchev–Trinajstić information content (AvgIpc) is 2.49. The molecule has 21 heavy (non-hydrogen) atoms. The van der Waals surface area contributed by atoms with Crippen molar-refractivity contribution in [1.82, 2.24) is 4.90 Å². The van der Waals surface area contributed by atoms with Crippen LogP contribution in [-0.2, 0) is 0 Å². The Morgan fingerprint density at radius 2 is 2.14 bits per heavy atom. The predicted octanol–water partition coefficient (Wildman–Crippen LogP) is 3.16. The second kappa shape index (κ2) is 10.0. The molecule has 0 aliphatic rings. The van der Waals surface area contributed by atoms with E-state index in [9.17, 15) is 0 Å². The van der Waals surface area contributed by atoms with Crippen LogP contribution in [0.5, 0.6) is 5.75 Å². The van der Waals surface area contributed by atoms with Gasteiger partial charge in [-0.3, -0.25) is 0 Å². The van der Waals surface area contributed by atoms with E-state index in [0.717, 1.165) is 24.3 Å². The molecule has 1 unspecified atom stereocenters. The van der Waals surface area contributed by atoms with Crippen LogP contribution in [0.2, 0.25) is 0 Å². The van der Waals surface area contributed by atoms with Gasteiger partial charge in [-0.25, -0.2) is 0 Å².